The normalized spacial score (nSPS) is 15.3. The van der Waals surface area contributed by atoms with Crippen LogP contribution in [0, 0.1) is 6.92 Å². The Morgan fingerprint density at radius 3 is 2.41 bits per heavy atom. The SMILES string of the molecule is Cc1oc(-c2ccc(Cl)cc2)nc1CN1CCN(c2cccc(Cl)c2)CC1. The van der Waals surface area contributed by atoms with Crippen LogP contribution < -0.4 is 4.90 Å². The van der Waals surface area contributed by atoms with Crippen LogP contribution in [0.4, 0.5) is 5.69 Å². The van der Waals surface area contributed by atoms with Gasteiger partial charge in [0, 0.05) is 54.0 Å². The van der Waals surface area contributed by atoms with E-state index in [-0.39, 0.29) is 0 Å². The van der Waals surface area contributed by atoms with Gasteiger partial charge in [-0.2, -0.15) is 0 Å². The number of hydrogen-bond donors (Lipinski definition) is 0. The molecule has 140 valence electrons. The van der Waals surface area contributed by atoms with E-state index in [2.05, 4.69) is 15.9 Å². The quantitative estimate of drug-likeness (QED) is 0.595. The molecule has 2 heterocycles. The number of halogens is 2. The van der Waals surface area contributed by atoms with Crippen molar-refractivity contribution < 1.29 is 4.42 Å². The molecule has 1 aromatic heterocycles. The van der Waals surface area contributed by atoms with Crippen molar-refractivity contribution in [1.29, 1.82) is 0 Å². The third-order valence-electron chi connectivity index (χ3n) is 4.90. The minimum absolute atomic E-state index is 0.650. The second-order valence-electron chi connectivity index (χ2n) is 6.77. The summed E-state index contributed by atoms with van der Waals surface area (Å²) in [7, 11) is 0. The van der Waals surface area contributed by atoms with Crippen LogP contribution in [-0.2, 0) is 6.54 Å². The van der Waals surface area contributed by atoms with Gasteiger partial charge in [0.2, 0.25) is 5.89 Å². The van der Waals surface area contributed by atoms with Crippen molar-refractivity contribution in [2.45, 2.75) is 13.5 Å². The predicted molar refractivity (Wildman–Crippen MR) is 111 cm³/mol. The van der Waals surface area contributed by atoms with E-state index in [1.807, 2.05) is 49.4 Å². The van der Waals surface area contributed by atoms with Crippen molar-refractivity contribution in [2.24, 2.45) is 0 Å². The molecule has 1 aliphatic rings. The zero-order valence-electron chi connectivity index (χ0n) is 15.2. The third kappa shape index (κ3) is 4.29. The predicted octanol–water partition coefficient (Wildman–Crippen LogP) is 5.28. The van der Waals surface area contributed by atoms with E-state index in [1.54, 1.807) is 0 Å². The van der Waals surface area contributed by atoms with Gasteiger partial charge in [0.25, 0.3) is 0 Å². The van der Waals surface area contributed by atoms with Crippen molar-refractivity contribution in [3.8, 4) is 11.5 Å². The molecule has 1 saturated heterocycles. The van der Waals surface area contributed by atoms with Crippen LogP contribution >= 0.6 is 23.2 Å². The zero-order valence-corrected chi connectivity index (χ0v) is 16.7. The average molecular weight is 402 g/mol. The van der Waals surface area contributed by atoms with Gasteiger partial charge >= 0.3 is 0 Å². The first kappa shape index (κ1) is 18.4. The Balaban J connectivity index is 1.40. The Labute approximate surface area is 169 Å². The minimum atomic E-state index is 0.650. The van der Waals surface area contributed by atoms with Crippen LogP contribution in [-0.4, -0.2) is 36.1 Å². The number of aryl methyl sites for hydroxylation is 1. The van der Waals surface area contributed by atoms with E-state index in [4.69, 9.17) is 32.6 Å². The fourth-order valence-electron chi connectivity index (χ4n) is 3.34. The van der Waals surface area contributed by atoms with E-state index in [9.17, 15) is 0 Å². The van der Waals surface area contributed by atoms with Crippen molar-refractivity contribution in [2.75, 3.05) is 31.1 Å². The number of piperazine rings is 1. The van der Waals surface area contributed by atoms with Gasteiger partial charge in [-0.05, 0) is 49.4 Å². The molecule has 0 saturated carbocycles. The lowest BCUT2D eigenvalue weighted by molar-refractivity contribution is 0.246. The standard InChI is InChI=1S/C21H21Cl2N3O/c1-15-20(24-21(27-15)16-5-7-17(22)8-6-16)14-25-9-11-26(12-10-25)19-4-2-3-18(23)13-19/h2-8,13H,9-12,14H2,1H3. The number of aromatic nitrogens is 1. The van der Waals surface area contributed by atoms with E-state index >= 15 is 0 Å². The largest absolute Gasteiger partial charge is 0.441 e. The van der Waals surface area contributed by atoms with Gasteiger partial charge in [-0.15, -0.1) is 0 Å². The molecule has 0 bridgehead atoms. The van der Waals surface area contributed by atoms with Crippen LogP contribution in [0.5, 0.6) is 0 Å². The van der Waals surface area contributed by atoms with Gasteiger partial charge in [0.05, 0.1) is 5.69 Å². The second-order valence-corrected chi connectivity index (χ2v) is 7.64. The molecule has 4 nitrogen and oxygen atoms in total. The first-order valence-electron chi connectivity index (χ1n) is 9.03. The molecule has 0 spiro atoms. The molecule has 0 amide bonds. The molecule has 0 radical (unpaired) electrons. The summed E-state index contributed by atoms with van der Waals surface area (Å²) in [6, 6.07) is 15.6. The van der Waals surface area contributed by atoms with Gasteiger partial charge in [-0.1, -0.05) is 29.3 Å². The van der Waals surface area contributed by atoms with Crippen molar-refractivity contribution in [3.05, 3.63) is 70.0 Å². The Hall–Kier alpha value is -2.01. The number of anilines is 1. The third-order valence-corrected chi connectivity index (χ3v) is 5.39. The molecule has 0 unspecified atom stereocenters. The molecule has 0 N–H and O–H groups in total. The summed E-state index contributed by atoms with van der Waals surface area (Å²) in [6.07, 6.45) is 0. The van der Waals surface area contributed by atoms with Gasteiger partial charge in [0.1, 0.15) is 5.76 Å². The molecule has 1 aliphatic heterocycles. The summed E-state index contributed by atoms with van der Waals surface area (Å²) >= 11 is 12.1. The number of hydrogen-bond acceptors (Lipinski definition) is 4. The van der Waals surface area contributed by atoms with E-state index in [0.717, 1.165) is 54.8 Å². The lowest BCUT2D eigenvalue weighted by atomic mass is 10.2. The Kier molecular flexibility index (Phi) is 5.39. The summed E-state index contributed by atoms with van der Waals surface area (Å²) in [5.74, 6) is 1.52. The molecule has 4 rings (SSSR count). The molecule has 0 aliphatic carbocycles. The topological polar surface area (TPSA) is 32.5 Å². The first-order valence-corrected chi connectivity index (χ1v) is 9.79. The Morgan fingerprint density at radius 1 is 0.963 bits per heavy atom. The summed E-state index contributed by atoms with van der Waals surface area (Å²) in [4.78, 5) is 9.50. The maximum atomic E-state index is 6.12. The monoisotopic (exact) mass is 401 g/mol. The second kappa shape index (κ2) is 7.93. The highest BCUT2D eigenvalue weighted by molar-refractivity contribution is 6.31. The summed E-state index contributed by atoms with van der Waals surface area (Å²) < 4.78 is 5.88. The minimum Gasteiger partial charge on any atom is -0.441 e. The smallest absolute Gasteiger partial charge is 0.226 e. The highest BCUT2D eigenvalue weighted by Crippen LogP contribution is 2.25. The zero-order chi connectivity index (χ0) is 18.8. The molecule has 2 aromatic carbocycles. The molecule has 3 aromatic rings. The fourth-order valence-corrected chi connectivity index (χ4v) is 3.65. The van der Waals surface area contributed by atoms with E-state index in [0.29, 0.717) is 10.9 Å². The van der Waals surface area contributed by atoms with Crippen molar-refractivity contribution in [1.82, 2.24) is 9.88 Å². The number of oxazole rings is 1. The number of rotatable bonds is 4. The van der Waals surface area contributed by atoms with E-state index < -0.39 is 0 Å². The lowest BCUT2D eigenvalue weighted by Crippen LogP contribution is -2.46. The summed E-state index contributed by atoms with van der Waals surface area (Å²) in [6.45, 7) is 6.68. The van der Waals surface area contributed by atoms with Gasteiger partial charge in [-0.3, -0.25) is 4.90 Å². The molecule has 6 heteroatoms. The van der Waals surface area contributed by atoms with Crippen molar-refractivity contribution >= 4 is 28.9 Å². The average Bonchev–Trinajstić information content (AvgIpc) is 3.03. The number of benzene rings is 2. The fraction of sp³-hybridized carbons (Fsp3) is 0.286. The summed E-state index contributed by atoms with van der Waals surface area (Å²) in [5.41, 5.74) is 3.13. The lowest BCUT2D eigenvalue weighted by Gasteiger charge is -2.35. The van der Waals surface area contributed by atoms with Crippen LogP contribution in [0.3, 0.4) is 0 Å². The van der Waals surface area contributed by atoms with Gasteiger partial charge in [0.15, 0.2) is 0 Å². The van der Waals surface area contributed by atoms with Gasteiger partial charge in [-0.25, -0.2) is 4.98 Å². The molecule has 1 fully saturated rings. The van der Waals surface area contributed by atoms with Crippen LogP contribution in [0.25, 0.3) is 11.5 Å². The molecule has 0 atom stereocenters. The molecule has 27 heavy (non-hydrogen) atoms. The highest BCUT2D eigenvalue weighted by Gasteiger charge is 2.20. The van der Waals surface area contributed by atoms with Gasteiger partial charge < -0.3 is 9.32 Å². The maximum absolute atomic E-state index is 6.12. The van der Waals surface area contributed by atoms with Crippen LogP contribution in [0.1, 0.15) is 11.5 Å². The molecular weight excluding hydrogens is 381 g/mol. The van der Waals surface area contributed by atoms with Crippen LogP contribution in [0.15, 0.2) is 52.9 Å². The van der Waals surface area contributed by atoms with Crippen molar-refractivity contribution in [3.63, 3.8) is 0 Å². The van der Waals surface area contributed by atoms with Crippen LogP contribution in [0.2, 0.25) is 10.0 Å². The molecular formula is C21H21Cl2N3O. The Morgan fingerprint density at radius 2 is 1.70 bits per heavy atom. The maximum Gasteiger partial charge on any atom is 0.226 e. The highest BCUT2D eigenvalue weighted by atomic mass is 35.5. The number of nitrogens with zero attached hydrogens (tertiary/aromatic N) is 3. The summed E-state index contributed by atoms with van der Waals surface area (Å²) in [5, 5.41) is 1.49. The Bertz CT molecular complexity index is 915. The first-order chi connectivity index (χ1) is 13.1. The van der Waals surface area contributed by atoms with E-state index in [1.165, 1.54) is 5.69 Å².